The van der Waals surface area contributed by atoms with Gasteiger partial charge in [0.05, 0.1) is 17.1 Å². The van der Waals surface area contributed by atoms with Gasteiger partial charge in [0.15, 0.2) is 0 Å². The lowest BCUT2D eigenvalue weighted by Crippen LogP contribution is -2.39. The molecule has 0 aliphatic heterocycles. The zero-order valence-electron chi connectivity index (χ0n) is 10.3. The Morgan fingerprint density at radius 2 is 2.22 bits per heavy atom. The number of rotatable bonds is 4. The summed E-state index contributed by atoms with van der Waals surface area (Å²) in [6.07, 6.45) is 5.22. The van der Waals surface area contributed by atoms with E-state index in [4.69, 9.17) is 0 Å². The minimum Gasteiger partial charge on any atom is -0.394 e. The number of anilines is 1. The molecule has 2 N–H and O–H groups in total. The quantitative estimate of drug-likeness (QED) is 0.631. The second-order valence-electron chi connectivity index (χ2n) is 4.89. The van der Waals surface area contributed by atoms with Crippen molar-refractivity contribution in [1.82, 2.24) is 4.98 Å². The van der Waals surface area contributed by atoms with Crippen molar-refractivity contribution in [3.8, 4) is 0 Å². The molecule has 0 aromatic carbocycles. The highest BCUT2D eigenvalue weighted by atomic mass is 16.6. The molecular formula is C12H17N3O3. The predicted molar refractivity (Wildman–Crippen MR) is 67.5 cm³/mol. The van der Waals surface area contributed by atoms with Gasteiger partial charge < -0.3 is 10.4 Å². The molecule has 6 heteroatoms. The van der Waals surface area contributed by atoms with Crippen molar-refractivity contribution in [2.75, 3.05) is 11.9 Å². The summed E-state index contributed by atoms with van der Waals surface area (Å²) in [7, 11) is 0. The van der Waals surface area contributed by atoms with Crippen LogP contribution in [0.1, 0.15) is 31.2 Å². The normalized spacial score (nSPS) is 17.7. The lowest BCUT2D eigenvalue weighted by atomic mass is 9.98. The number of aliphatic hydroxyl groups is 1. The van der Waals surface area contributed by atoms with E-state index in [-0.39, 0.29) is 17.8 Å². The first kappa shape index (κ1) is 12.8. The van der Waals surface area contributed by atoms with Gasteiger partial charge in [-0.15, -0.1) is 0 Å². The van der Waals surface area contributed by atoms with Gasteiger partial charge in [-0.05, 0) is 25.3 Å². The number of pyridine rings is 1. The fraction of sp³-hybridized carbons (Fsp3) is 0.583. The Morgan fingerprint density at radius 1 is 1.56 bits per heavy atom. The van der Waals surface area contributed by atoms with Crippen LogP contribution >= 0.6 is 0 Å². The van der Waals surface area contributed by atoms with E-state index in [1.54, 1.807) is 6.92 Å². The molecule has 1 aromatic heterocycles. The molecule has 0 spiro atoms. The molecule has 18 heavy (non-hydrogen) atoms. The lowest BCUT2D eigenvalue weighted by Gasteiger charge is -2.29. The summed E-state index contributed by atoms with van der Waals surface area (Å²) in [4.78, 5) is 14.3. The second-order valence-corrected chi connectivity index (χ2v) is 4.89. The van der Waals surface area contributed by atoms with E-state index in [2.05, 4.69) is 10.3 Å². The Kier molecular flexibility index (Phi) is 3.47. The van der Waals surface area contributed by atoms with Crippen LogP contribution < -0.4 is 5.32 Å². The molecule has 98 valence electrons. The van der Waals surface area contributed by atoms with Gasteiger partial charge in [-0.2, -0.15) is 0 Å². The smallest absolute Gasteiger partial charge is 0.287 e. The van der Waals surface area contributed by atoms with Crippen LogP contribution in [0.25, 0.3) is 0 Å². The number of nitrogens with zero attached hydrogens (tertiary/aromatic N) is 2. The lowest BCUT2D eigenvalue weighted by molar-refractivity contribution is -0.385. The molecule has 1 aliphatic rings. The van der Waals surface area contributed by atoms with Gasteiger partial charge in [0.2, 0.25) is 0 Å². The van der Waals surface area contributed by atoms with E-state index in [9.17, 15) is 15.2 Å². The highest BCUT2D eigenvalue weighted by molar-refractivity contribution is 5.50. The highest BCUT2D eigenvalue weighted by Crippen LogP contribution is 2.33. The molecule has 0 saturated heterocycles. The third-order valence-electron chi connectivity index (χ3n) is 3.52. The predicted octanol–water partition coefficient (Wildman–Crippen LogP) is 2.02. The molecule has 1 aromatic rings. The molecule has 2 rings (SSSR count). The van der Waals surface area contributed by atoms with Crippen LogP contribution in [0, 0.1) is 17.0 Å². The van der Waals surface area contributed by atoms with E-state index < -0.39 is 4.92 Å². The molecule has 1 fully saturated rings. The third-order valence-corrected chi connectivity index (χ3v) is 3.52. The first-order valence-electron chi connectivity index (χ1n) is 6.06. The van der Waals surface area contributed by atoms with Gasteiger partial charge in [0.1, 0.15) is 12.0 Å². The monoisotopic (exact) mass is 251 g/mol. The van der Waals surface area contributed by atoms with Crippen LogP contribution in [-0.2, 0) is 0 Å². The number of aromatic nitrogens is 1. The van der Waals surface area contributed by atoms with Crippen molar-refractivity contribution in [1.29, 1.82) is 0 Å². The van der Waals surface area contributed by atoms with Crippen LogP contribution in [0.2, 0.25) is 0 Å². The van der Waals surface area contributed by atoms with Crippen molar-refractivity contribution in [3.05, 3.63) is 27.9 Å². The van der Waals surface area contributed by atoms with Crippen LogP contribution in [0.5, 0.6) is 0 Å². The molecule has 0 radical (unpaired) electrons. The van der Waals surface area contributed by atoms with Crippen molar-refractivity contribution in [2.24, 2.45) is 0 Å². The van der Waals surface area contributed by atoms with Gasteiger partial charge in [-0.1, -0.05) is 12.8 Å². The van der Waals surface area contributed by atoms with Crippen molar-refractivity contribution >= 4 is 11.5 Å². The topological polar surface area (TPSA) is 88.3 Å². The van der Waals surface area contributed by atoms with Crippen molar-refractivity contribution in [3.63, 3.8) is 0 Å². The SMILES string of the molecule is Cc1cc([N+](=O)[O-])cnc1NC1(CO)CCCC1. The molecule has 0 unspecified atom stereocenters. The minimum absolute atomic E-state index is 0.0116. The number of nitro groups is 1. The van der Waals surface area contributed by atoms with Crippen LogP contribution in [-0.4, -0.2) is 27.2 Å². The molecule has 0 amide bonds. The number of hydrogen-bond acceptors (Lipinski definition) is 5. The second kappa shape index (κ2) is 4.89. The van der Waals surface area contributed by atoms with Crippen LogP contribution in [0.3, 0.4) is 0 Å². The average Bonchev–Trinajstić information content (AvgIpc) is 2.81. The Morgan fingerprint density at radius 3 is 2.72 bits per heavy atom. The van der Waals surface area contributed by atoms with E-state index in [0.717, 1.165) is 31.2 Å². The third kappa shape index (κ3) is 2.43. The van der Waals surface area contributed by atoms with Crippen LogP contribution in [0.4, 0.5) is 11.5 Å². The maximum atomic E-state index is 10.6. The maximum absolute atomic E-state index is 10.6. The summed E-state index contributed by atoms with van der Waals surface area (Å²) in [6, 6.07) is 1.50. The average molecular weight is 251 g/mol. The van der Waals surface area contributed by atoms with Gasteiger partial charge in [0, 0.05) is 6.07 Å². The molecule has 0 atom stereocenters. The fourth-order valence-electron chi connectivity index (χ4n) is 2.42. The van der Waals surface area contributed by atoms with Crippen molar-refractivity contribution < 1.29 is 10.0 Å². The Labute approximate surface area is 105 Å². The zero-order valence-corrected chi connectivity index (χ0v) is 10.3. The molecule has 6 nitrogen and oxygen atoms in total. The standard InChI is InChI=1S/C12H17N3O3/c1-9-6-10(15(17)18)7-13-11(9)14-12(8-16)4-2-3-5-12/h6-7,16H,2-5,8H2,1H3,(H,13,14). The summed E-state index contributed by atoms with van der Waals surface area (Å²) in [5.74, 6) is 0.622. The Balaban J connectivity index is 2.21. The molecule has 1 heterocycles. The minimum atomic E-state index is -0.457. The summed E-state index contributed by atoms with van der Waals surface area (Å²) >= 11 is 0. The van der Waals surface area contributed by atoms with E-state index >= 15 is 0 Å². The van der Waals surface area contributed by atoms with Gasteiger partial charge >= 0.3 is 0 Å². The van der Waals surface area contributed by atoms with Gasteiger partial charge in [-0.3, -0.25) is 10.1 Å². The fourth-order valence-corrected chi connectivity index (χ4v) is 2.42. The van der Waals surface area contributed by atoms with E-state index in [1.807, 2.05) is 0 Å². The van der Waals surface area contributed by atoms with Gasteiger partial charge in [0.25, 0.3) is 5.69 Å². The first-order chi connectivity index (χ1) is 8.56. The van der Waals surface area contributed by atoms with Crippen LogP contribution in [0.15, 0.2) is 12.3 Å². The number of hydrogen-bond donors (Lipinski definition) is 2. The molecular weight excluding hydrogens is 234 g/mol. The number of nitrogens with one attached hydrogen (secondary N) is 1. The Hall–Kier alpha value is -1.69. The highest BCUT2D eigenvalue weighted by Gasteiger charge is 2.33. The molecule has 1 aliphatic carbocycles. The first-order valence-corrected chi connectivity index (χ1v) is 6.06. The largest absolute Gasteiger partial charge is 0.394 e. The molecule has 0 bridgehead atoms. The van der Waals surface area contributed by atoms with Gasteiger partial charge in [-0.25, -0.2) is 4.98 Å². The summed E-state index contributed by atoms with van der Waals surface area (Å²) in [6.45, 7) is 1.84. The summed E-state index contributed by atoms with van der Waals surface area (Å²) in [5.41, 5.74) is 0.403. The van der Waals surface area contributed by atoms with E-state index in [1.165, 1.54) is 12.3 Å². The Bertz CT molecular complexity index is 456. The van der Waals surface area contributed by atoms with Crippen molar-refractivity contribution in [2.45, 2.75) is 38.1 Å². The molecule has 1 saturated carbocycles. The maximum Gasteiger partial charge on any atom is 0.287 e. The number of aliphatic hydroxyl groups excluding tert-OH is 1. The summed E-state index contributed by atoms with van der Waals surface area (Å²) in [5, 5.41) is 23.4. The number of aryl methyl sites for hydroxylation is 1. The zero-order chi connectivity index (χ0) is 13.2. The summed E-state index contributed by atoms with van der Waals surface area (Å²) < 4.78 is 0. The van der Waals surface area contributed by atoms with E-state index in [0.29, 0.717) is 5.82 Å².